The predicted molar refractivity (Wildman–Crippen MR) is 106 cm³/mol. The third kappa shape index (κ3) is 3.92. The number of hydrogen-bond donors (Lipinski definition) is 1. The molecular formula is C22H24FN3O. The van der Waals surface area contributed by atoms with Crippen molar-refractivity contribution in [2.75, 3.05) is 0 Å². The molecule has 0 radical (unpaired) electrons. The van der Waals surface area contributed by atoms with E-state index in [1.165, 1.54) is 6.07 Å². The molecule has 1 aromatic heterocycles. The summed E-state index contributed by atoms with van der Waals surface area (Å²) in [6, 6.07) is 14.1. The molecule has 5 heteroatoms. The number of hydrogen-bond acceptors (Lipinski definition) is 2. The normalized spacial score (nSPS) is 12.0. The lowest BCUT2D eigenvalue weighted by molar-refractivity contribution is 0.0931. The van der Waals surface area contributed by atoms with Gasteiger partial charge in [-0.05, 0) is 57.0 Å². The van der Waals surface area contributed by atoms with Gasteiger partial charge in [-0.3, -0.25) is 4.79 Å². The second kappa shape index (κ2) is 7.74. The molecule has 140 valence electrons. The lowest BCUT2D eigenvalue weighted by atomic mass is 10.1. The van der Waals surface area contributed by atoms with Crippen molar-refractivity contribution in [2.45, 2.75) is 40.2 Å². The highest BCUT2D eigenvalue weighted by Crippen LogP contribution is 2.25. The minimum atomic E-state index is -0.364. The van der Waals surface area contributed by atoms with Gasteiger partial charge in [0.15, 0.2) is 0 Å². The predicted octanol–water partition coefficient (Wildman–Crippen LogP) is 4.82. The minimum Gasteiger partial charge on any atom is -0.348 e. The van der Waals surface area contributed by atoms with E-state index < -0.39 is 0 Å². The van der Waals surface area contributed by atoms with Gasteiger partial charge in [-0.2, -0.15) is 5.10 Å². The average Bonchev–Trinajstić information content (AvgIpc) is 3.07. The first kappa shape index (κ1) is 18.8. The van der Waals surface area contributed by atoms with E-state index in [0.717, 1.165) is 23.2 Å². The third-order valence-electron chi connectivity index (χ3n) is 4.66. The molecule has 1 amide bonds. The van der Waals surface area contributed by atoms with Gasteiger partial charge in [0.05, 0.1) is 11.4 Å². The van der Waals surface area contributed by atoms with Crippen molar-refractivity contribution in [3.63, 3.8) is 0 Å². The highest BCUT2D eigenvalue weighted by Gasteiger charge is 2.20. The van der Waals surface area contributed by atoms with Crippen molar-refractivity contribution in [3.05, 3.63) is 71.2 Å². The van der Waals surface area contributed by atoms with Gasteiger partial charge in [-0.25, -0.2) is 9.07 Å². The van der Waals surface area contributed by atoms with E-state index in [1.54, 1.807) is 28.9 Å². The fraction of sp³-hybridized carbons (Fsp3) is 0.273. The second-order valence-corrected chi connectivity index (χ2v) is 6.88. The Balaban J connectivity index is 2.15. The number of aryl methyl sites for hydroxylation is 2. The van der Waals surface area contributed by atoms with Crippen LogP contribution in [0.25, 0.3) is 16.9 Å². The topological polar surface area (TPSA) is 46.9 Å². The van der Waals surface area contributed by atoms with Crippen molar-refractivity contribution in [2.24, 2.45) is 0 Å². The summed E-state index contributed by atoms with van der Waals surface area (Å²) in [5.74, 6) is -0.587. The Morgan fingerprint density at radius 1 is 1.19 bits per heavy atom. The molecule has 27 heavy (non-hydrogen) atoms. The van der Waals surface area contributed by atoms with Gasteiger partial charge in [0.25, 0.3) is 5.91 Å². The SMILES string of the molecule is CCC(C)NC(=O)c1cc(-c2ccccc2F)nn1-c1ccc(C)cc1C. The summed E-state index contributed by atoms with van der Waals surface area (Å²) in [5, 5.41) is 7.54. The van der Waals surface area contributed by atoms with Crippen molar-refractivity contribution < 1.29 is 9.18 Å². The first-order valence-electron chi connectivity index (χ1n) is 9.14. The number of nitrogens with one attached hydrogen (secondary N) is 1. The molecule has 3 rings (SSSR count). The summed E-state index contributed by atoms with van der Waals surface area (Å²) in [6.07, 6.45) is 0.823. The molecule has 0 aliphatic carbocycles. The van der Waals surface area contributed by atoms with E-state index in [2.05, 4.69) is 10.4 Å². The molecule has 1 unspecified atom stereocenters. The summed E-state index contributed by atoms with van der Waals surface area (Å²) in [5.41, 5.74) is 4.12. The van der Waals surface area contributed by atoms with E-state index in [-0.39, 0.29) is 17.8 Å². The Morgan fingerprint density at radius 2 is 1.93 bits per heavy atom. The first-order chi connectivity index (χ1) is 12.9. The molecule has 2 aromatic carbocycles. The molecule has 0 fully saturated rings. The van der Waals surface area contributed by atoms with Gasteiger partial charge < -0.3 is 5.32 Å². The Morgan fingerprint density at radius 3 is 2.59 bits per heavy atom. The zero-order valence-corrected chi connectivity index (χ0v) is 16.1. The van der Waals surface area contributed by atoms with Crippen LogP contribution in [0.4, 0.5) is 4.39 Å². The fourth-order valence-electron chi connectivity index (χ4n) is 2.97. The monoisotopic (exact) mass is 365 g/mol. The largest absolute Gasteiger partial charge is 0.348 e. The van der Waals surface area contributed by atoms with Crippen LogP contribution in [0.1, 0.15) is 41.9 Å². The van der Waals surface area contributed by atoms with Crippen LogP contribution < -0.4 is 5.32 Å². The van der Waals surface area contributed by atoms with E-state index >= 15 is 0 Å². The molecule has 0 spiro atoms. The number of rotatable bonds is 5. The summed E-state index contributed by atoms with van der Waals surface area (Å²) in [6.45, 7) is 7.95. The molecule has 0 bridgehead atoms. The molecular weight excluding hydrogens is 341 g/mol. The van der Waals surface area contributed by atoms with Crippen molar-refractivity contribution in [3.8, 4) is 16.9 Å². The van der Waals surface area contributed by atoms with Crippen LogP contribution in [-0.2, 0) is 0 Å². The Hall–Kier alpha value is -2.95. The van der Waals surface area contributed by atoms with Crippen molar-refractivity contribution in [1.29, 1.82) is 0 Å². The second-order valence-electron chi connectivity index (χ2n) is 6.88. The van der Waals surface area contributed by atoms with Gasteiger partial charge in [-0.15, -0.1) is 0 Å². The number of carbonyl (C=O) groups excluding carboxylic acids is 1. The summed E-state index contributed by atoms with van der Waals surface area (Å²) in [7, 11) is 0. The number of benzene rings is 2. The van der Waals surface area contributed by atoms with Gasteiger partial charge in [0.1, 0.15) is 11.5 Å². The van der Waals surface area contributed by atoms with Crippen LogP contribution in [0.5, 0.6) is 0 Å². The molecule has 1 atom stereocenters. The summed E-state index contributed by atoms with van der Waals surface area (Å²) in [4.78, 5) is 12.9. The average molecular weight is 365 g/mol. The minimum absolute atomic E-state index is 0.0388. The van der Waals surface area contributed by atoms with Gasteiger partial charge >= 0.3 is 0 Å². The van der Waals surface area contributed by atoms with E-state index in [1.807, 2.05) is 45.9 Å². The number of carbonyl (C=O) groups is 1. The molecule has 0 saturated carbocycles. The van der Waals surface area contributed by atoms with Crippen LogP contribution in [0.3, 0.4) is 0 Å². The highest BCUT2D eigenvalue weighted by atomic mass is 19.1. The van der Waals surface area contributed by atoms with Crippen LogP contribution in [0.15, 0.2) is 48.5 Å². The van der Waals surface area contributed by atoms with Gasteiger partial charge in [0.2, 0.25) is 0 Å². The van der Waals surface area contributed by atoms with Gasteiger partial charge in [-0.1, -0.05) is 36.8 Å². The number of amides is 1. The zero-order valence-electron chi connectivity index (χ0n) is 16.1. The van der Waals surface area contributed by atoms with Crippen molar-refractivity contribution >= 4 is 5.91 Å². The standard InChI is InChI=1S/C22H24FN3O/c1-5-16(4)24-22(27)21-13-19(17-8-6-7-9-18(17)23)25-26(21)20-11-10-14(2)12-15(20)3/h6-13,16H,5H2,1-4H3,(H,24,27). The van der Waals surface area contributed by atoms with E-state index in [4.69, 9.17) is 0 Å². The first-order valence-corrected chi connectivity index (χ1v) is 9.14. The quantitative estimate of drug-likeness (QED) is 0.704. The van der Waals surface area contributed by atoms with Crippen LogP contribution in [0.2, 0.25) is 0 Å². The molecule has 4 nitrogen and oxygen atoms in total. The Kier molecular flexibility index (Phi) is 5.40. The molecule has 3 aromatic rings. The van der Waals surface area contributed by atoms with Crippen LogP contribution >= 0.6 is 0 Å². The van der Waals surface area contributed by atoms with E-state index in [0.29, 0.717) is 17.0 Å². The Labute approximate surface area is 159 Å². The third-order valence-corrected chi connectivity index (χ3v) is 4.66. The number of halogens is 1. The Bertz CT molecular complexity index is 977. The number of aromatic nitrogens is 2. The maximum absolute atomic E-state index is 14.3. The maximum Gasteiger partial charge on any atom is 0.270 e. The summed E-state index contributed by atoms with van der Waals surface area (Å²) < 4.78 is 15.9. The number of nitrogens with zero attached hydrogens (tertiary/aromatic N) is 2. The van der Waals surface area contributed by atoms with Gasteiger partial charge in [0, 0.05) is 11.6 Å². The highest BCUT2D eigenvalue weighted by molar-refractivity contribution is 5.94. The molecule has 0 saturated heterocycles. The van der Waals surface area contributed by atoms with Crippen LogP contribution in [0, 0.1) is 19.7 Å². The lowest BCUT2D eigenvalue weighted by Gasteiger charge is -2.14. The molecule has 0 aliphatic rings. The summed E-state index contributed by atoms with van der Waals surface area (Å²) >= 11 is 0. The molecule has 1 heterocycles. The maximum atomic E-state index is 14.3. The van der Waals surface area contributed by atoms with E-state index in [9.17, 15) is 9.18 Å². The van der Waals surface area contributed by atoms with Crippen molar-refractivity contribution in [1.82, 2.24) is 15.1 Å². The lowest BCUT2D eigenvalue weighted by Crippen LogP contribution is -2.33. The smallest absolute Gasteiger partial charge is 0.270 e. The van der Waals surface area contributed by atoms with Crippen LogP contribution in [-0.4, -0.2) is 21.7 Å². The molecule has 0 aliphatic heterocycles. The zero-order chi connectivity index (χ0) is 19.6. The fourth-order valence-corrected chi connectivity index (χ4v) is 2.97. The molecule has 1 N–H and O–H groups in total.